The first-order valence-corrected chi connectivity index (χ1v) is 13.9. The van der Waals surface area contributed by atoms with Gasteiger partial charge in [0.2, 0.25) is 11.8 Å². The van der Waals surface area contributed by atoms with Crippen molar-refractivity contribution in [2.45, 2.75) is 43.1 Å². The van der Waals surface area contributed by atoms with E-state index in [2.05, 4.69) is 23.1 Å². The molecular weight excluding hydrogens is 558 g/mol. The molecule has 1 saturated heterocycles. The number of piperidine rings is 1. The minimum Gasteiger partial charge on any atom is -0.481 e. The number of fused-ring (bicyclic) bond motifs is 2. The van der Waals surface area contributed by atoms with E-state index >= 15 is 0 Å². The fraction of sp³-hybridized carbons (Fsp3) is 0.452. The van der Waals surface area contributed by atoms with E-state index in [1.54, 1.807) is 4.90 Å². The first-order chi connectivity index (χ1) is 20.2. The van der Waals surface area contributed by atoms with E-state index < -0.39 is 41.8 Å². The highest BCUT2D eigenvalue weighted by atomic mass is 16.4. The van der Waals surface area contributed by atoms with Gasteiger partial charge in [0.25, 0.3) is 0 Å². The average Bonchev–Trinajstić information content (AvgIpc) is 3.15. The zero-order valence-electron chi connectivity index (χ0n) is 24.6. The van der Waals surface area contributed by atoms with E-state index in [4.69, 9.17) is 20.4 Å². The number of likely N-dealkylation sites (tertiary alicyclic amines) is 1. The number of amides is 2. The Morgan fingerprint density at radius 2 is 1.44 bits per heavy atom. The Balaban J connectivity index is 0.000000331. The highest BCUT2D eigenvalue weighted by Crippen LogP contribution is 2.47. The minimum atomic E-state index is -2.74. The van der Waals surface area contributed by atoms with Crippen molar-refractivity contribution < 1.29 is 44.4 Å². The standard InChI is InChI=1S/C25H31N3O2.C6H8O7/c1-26(2)23(29)20(17-19-9-5-4-6-10-19)18-28-15-13-25(14-16-28)21-11-7-8-12-22(21)27(3)24(25)30;7-3(8)1-6(13,5(11)12)2-4(9)10/h4-12,20H,13-18H2,1-3H3;13H,1-2H2,(H,7,8)(H,9,10)(H,11,12). The lowest BCUT2D eigenvalue weighted by molar-refractivity contribution is -0.170. The quantitative estimate of drug-likeness (QED) is 0.315. The number of hydrogen-bond donors (Lipinski definition) is 4. The maximum atomic E-state index is 13.2. The molecule has 2 aliphatic rings. The van der Waals surface area contributed by atoms with Gasteiger partial charge in [0.15, 0.2) is 5.60 Å². The van der Waals surface area contributed by atoms with Crippen molar-refractivity contribution in [3.05, 3.63) is 65.7 Å². The minimum absolute atomic E-state index is 0.0781. The van der Waals surface area contributed by atoms with Crippen molar-refractivity contribution in [3.63, 3.8) is 0 Å². The molecule has 2 amide bonds. The van der Waals surface area contributed by atoms with Crippen molar-refractivity contribution in [2.24, 2.45) is 5.92 Å². The van der Waals surface area contributed by atoms with Crippen LogP contribution in [0.4, 0.5) is 5.69 Å². The van der Waals surface area contributed by atoms with Crippen molar-refractivity contribution in [1.82, 2.24) is 9.80 Å². The maximum absolute atomic E-state index is 13.2. The first-order valence-electron chi connectivity index (χ1n) is 13.9. The third kappa shape index (κ3) is 7.76. The number of benzene rings is 2. The molecule has 4 rings (SSSR count). The van der Waals surface area contributed by atoms with Crippen LogP contribution in [-0.4, -0.2) is 106 Å². The summed E-state index contributed by atoms with van der Waals surface area (Å²) in [5, 5.41) is 33.8. The van der Waals surface area contributed by atoms with E-state index in [9.17, 15) is 24.0 Å². The number of para-hydroxylation sites is 1. The molecule has 0 saturated carbocycles. The number of aliphatic hydroxyl groups is 1. The van der Waals surface area contributed by atoms with Gasteiger partial charge in [0.05, 0.1) is 24.2 Å². The number of carbonyl (C=O) groups excluding carboxylic acids is 2. The molecule has 4 N–H and O–H groups in total. The summed E-state index contributed by atoms with van der Waals surface area (Å²) in [6, 6.07) is 18.4. The van der Waals surface area contributed by atoms with Crippen LogP contribution in [0.5, 0.6) is 0 Å². The summed E-state index contributed by atoms with van der Waals surface area (Å²) >= 11 is 0. The van der Waals surface area contributed by atoms with Gasteiger partial charge >= 0.3 is 17.9 Å². The van der Waals surface area contributed by atoms with Gasteiger partial charge in [-0.15, -0.1) is 0 Å². The molecule has 232 valence electrons. The van der Waals surface area contributed by atoms with Crippen LogP contribution < -0.4 is 4.90 Å². The van der Waals surface area contributed by atoms with Gasteiger partial charge in [-0.25, -0.2) is 4.79 Å². The average molecular weight is 598 g/mol. The number of carbonyl (C=O) groups is 5. The molecule has 43 heavy (non-hydrogen) atoms. The van der Waals surface area contributed by atoms with Gasteiger partial charge in [-0.05, 0) is 49.5 Å². The third-order valence-corrected chi connectivity index (χ3v) is 8.08. The Kier molecular flexibility index (Phi) is 10.7. The van der Waals surface area contributed by atoms with Crippen LogP contribution in [0.3, 0.4) is 0 Å². The summed E-state index contributed by atoms with van der Waals surface area (Å²) in [7, 11) is 5.54. The van der Waals surface area contributed by atoms with Crippen LogP contribution in [0, 0.1) is 5.92 Å². The second kappa shape index (κ2) is 13.8. The molecule has 2 aromatic rings. The highest BCUT2D eigenvalue weighted by Gasteiger charge is 2.51. The predicted octanol–water partition coefficient (Wildman–Crippen LogP) is 1.70. The Labute approximate surface area is 250 Å². The summed E-state index contributed by atoms with van der Waals surface area (Å²) in [6.45, 7) is 2.40. The molecule has 0 aromatic heterocycles. The number of likely N-dealkylation sites (N-methyl/N-ethyl adjacent to an activating group) is 1. The third-order valence-electron chi connectivity index (χ3n) is 8.08. The first kappa shape index (κ1) is 33.2. The van der Waals surface area contributed by atoms with Crippen LogP contribution in [0.2, 0.25) is 0 Å². The molecule has 2 aromatic carbocycles. The van der Waals surface area contributed by atoms with Crippen molar-refractivity contribution in [2.75, 3.05) is 45.7 Å². The van der Waals surface area contributed by atoms with E-state index in [-0.39, 0.29) is 17.7 Å². The number of carboxylic acid groups (broad SMARTS) is 3. The number of hydrogen-bond acceptors (Lipinski definition) is 7. The number of carboxylic acids is 3. The lowest BCUT2D eigenvalue weighted by atomic mass is 9.73. The molecule has 0 bridgehead atoms. The summed E-state index contributed by atoms with van der Waals surface area (Å²) in [6.07, 6.45) is 0.0655. The van der Waals surface area contributed by atoms with Crippen LogP contribution in [0.25, 0.3) is 0 Å². The topological polar surface area (TPSA) is 176 Å². The predicted molar refractivity (Wildman–Crippen MR) is 157 cm³/mol. The summed E-state index contributed by atoms with van der Waals surface area (Å²) < 4.78 is 0. The van der Waals surface area contributed by atoms with Crippen molar-refractivity contribution >= 4 is 35.4 Å². The normalized spacial score (nSPS) is 16.6. The molecule has 1 unspecified atom stereocenters. The maximum Gasteiger partial charge on any atom is 0.336 e. The van der Waals surface area contributed by atoms with E-state index in [0.29, 0.717) is 0 Å². The van der Waals surface area contributed by atoms with Gasteiger partial charge in [0.1, 0.15) is 0 Å². The molecule has 1 fully saturated rings. The van der Waals surface area contributed by atoms with Gasteiger partial charge in [-0.2, -0.15) is 0 Å². The fourth-order valence-corrected chi connectivity index (χ4v) is 5.84. The second-order valence-electron chi connectivity index (χ2n) is 11.4. The molecule has 2 heterocycles. The van der Waals surface area contributed by atoms with Gasteiger partial charge in [0, 0.05) is 33.4 Å². The van der Waals surface area contributed by atoms with Crippen molar-refractivity contribution in [1.29, 1.82) is 0 Å². The van der Waals surface area contributed by atoms with Crippen LogP contribution >= 0.6 is 0 Å². The number of nitrogens with zero attached hydrogens (tertiary/aromatic N) is 3. The van der Waals surface area contributed by atoms with Gasteiger partial charge < -0.3 is 35.1 Å². The number of aliphatic carboxylic acids is 3. The smallest absolute Gasteiger partial charge is 0.336 e. The molecule has 2 aliphatic heterocycles. The highest BCUT2D eigenvalue weighted by molar-refractivity contribution is 6.07. The molecule has 1 atom stereocenters. The summed E-state index contributed by atoms with van der Waals surface area (Å²) in [5.74, 6) is -4.71. The molecule has 0 aliphatic carbocycles. The monoisotopic (exact) mass is 597 g/mol. The Hall–Kier alpha value is -4.29. The number of anilines is 1. The van der Waals surface area contributed by atoms with Gasteiger partial charge in [-0.3, -0.25) is 19.2 Å². The van der Waals surface area contributed by atoms with Crippen LogP contribution in [-0.2, 0) is 35.8 Å². The van der Waals surface area contributed by atoms with Crippen molar-refractivity contribution in [3.8, 4) is 0 Å². The van der Waals surface area contributed by atoms with Gasteiger partial charge in [-0.1, -0.05) is 48.5 Å². The fourth-order valence-electron chi connectivity index (χ4n) is 5.84. The van der Waals surface area contributed by atoms with Crippen LogP contribution in [0.15, 0.2) is 54.6 Å². The van der Waals surface area contributed by atoms with Crippen LogP contribution in [0.1, 0.15) is 36.8 Å². The number of rotatable bonds is 10. The van der Waals surface area contributed by atoms with E-state index in [0.717, 1.165) is 44.6 Å². The lowest BCUT2D eigenvalue weighted by Gasteiger charge is -2.39. The zero-order valence-corrected chi connectivity index (χ0v) is 24.6. The summed E-state index contributed by atoms with van der Waals surface area (Å²) in [4.78, 5) is 62.4. The largest absolute Gasteiger partial charge is 0.481 e. The SMILES string of the molecule is CN(C)C(=O)C(Cc1ccccc1)CN1CCC2(CC1)C(=O)N(C)c1ccccc12.O=C(O)CC(O)(CC(=O)O)C(=O)O. The second-order valence-corrected chi connectivity index (χ2v) is 11.4. The van der Waals surface area contributed by atoms with E-state index in [1.807, 2.05) is 62.4 Å². The molecule has 1 spiro atoms. The molecular formula is C31H39N3O9. The lowest BCUT2D eigenvalue weighted by Crippen LogP contribution is -2.50. The Bertz CT molecular complexity index is 1320. The molecule has 12 nitrogen and oxygen atoms in total. The molecule has 12 heteroatoms. The van der Waals surface area contributed by atoms with E-state index in [1.165, 1.54) is 11.1 Å². The summed E-state index contributed by atoms with van der Waals surface area (Å²) in [5.41, 5.74) is 0.260. The molecule has 0 radical (unpaired) electrons. The Morgan fingerprint density at radius 1 is 0.907 bits per heavy atom. The Morgan fingerprint density at radius 3 is 1.95 bits per heavy atom. The zero-order chi connectivity index (χ0) is 31.9.